The van der Waals surface area contributed by atoms with Crippen LogP contribution in [0.4, 0.5) is 0 Å². The van der Waals surface area contributed by atoms with Crippen molar-refractivity contribution in [2.75, 3.05) is 33.9 Å². The minimum atomic E-state index is -0.0670. The van der Waals surface area contributed by atoms with Gasteiger partial charge < -0.3 is 19.5 Å². The number of methoxy groups -OCH3 is 2. The summed E-state index contributed by atoms with van der Waals surface area (Å²) in [5, 5.41) is 9.38. The third kappa shape index (κ3) is 5.25. The Balaban J connectivity index is 1.98. The maximum atomic E-state index is 9.38. The fourth-order valence-electron chi connectivity index (χ4n) is 2.12. The summed E-state index contributed by atoms with van der Waals surface area (Å²) >= 11 is 0. The Morgan fingerprint density at radius 3 is 2.38 bits per heavy atom. The number of ether oxygens (including phenoxy) is 2. The van der Waals surface area contributed by atoms with Crippen molar-refractivity contribution in [3.05, 3.63) is 0 Å². The van der Waals surface area contributed by atoms with Gasteiger partial charge in [-0.2, -0.15) is 0 Å². The molecule has 0 radical (unpaired) electrons. The lowest BCUT2D eigenvalue weighted by molar-refractivity contribution is -0.107. The molecular formula is C12H25NO3. The fourth-order valence-corrected chi connectivity index (χ4v) is 2.12. The molecule has 4 heteroatoms. The van der Waals surface area contributed by atoms with Crippen LogP contribution >= 0.6 is 0 Å². The number of rotatable bonds is 7. The minimum Gasteiger partial charge on any atom is -0.393 e. The van der Waals surface area contributed by atoms with E-state index in [1.54, 1.807) is 14.2 Å². The molecule has 0 aliphatic carbocycles. The van der Waals surface area contributed by atoms with Crippen LogP contribution in [0.1, 0.15) is 32.1 Å². The number of piperidine rings is 1. The van der Waals surface area contributed by atoms with Crippen molar-refractivity contribution in [2.45, 2.75) is 44.5 Å². The summed E-state index contributed by atoms with van der Waals surface area (Å²) in [5.74, 6) is 0. The Morgan fingerprint density at radius 2 is 1.81 bits per heavy atom. The van der Waals surface area contributed by atoms with E-state index in [0.29, 0.717) is 0 Å². The van der Waals surface area contributed by atoms with Gasteiger partial charge in [-0.25, -0.2) is 0 Å². The molecule has 4 nitrogen and oxygen atoms in total. The van der Waals surface area contributed by atoms with Crippen LogP contribution in [-0.4, -0.2) is 56.3 Å². The molecular weight excluding hydrogens is 206 g/mol. The Labute approximate surface area is 98.5 Å². The van der Waals surface area contributed by atoms with Gasteiger partial charge in [0.05, 0.1) is 6.10 Å². The number of nitrogens with zero attached hydrogens (tertiary/aromatic N) is 1. The van der Waals surface area contributed by atoms with E-state index in [0.717, 1.165) is 45.3 Å². The molecule has 1 aliphatic heterocycles. The number of hydrogen-bond acceptors (Lipinski definition) is 4. The van der Waals surface area contributed by atoms with E-state index in [-0.39, 0.29) is 12.4 Å². The molecule has 1 saturated heterocycles. The van der Waals surface area contributed by atoms with Gasteiger partial charge in [-0.15, -0.1) is 0 Å². The van der Waals surface area contributed by atoms with Crippen LogP contribution in [0.15, 0.2) is 0 Å². The molecule has 1 heterocycles. The van der Waals surface area contributed by atoms with Gasteiger partial charge >= 0.3 is 0 Å². The number of hydrogen-bond donors (Lipinski definition) is 1. The first-order valence-electron chi connectivity index (χ1n) is 6.22. The topological polar surface area (TPSA) is 41.9 Å². The predicted molar refractivity (Wildman–Crippen MR) is 63.3 cm³/mol. The van der Waals surface area contributed by atoms with Crippen LogP contribution in [-0.2, 0) is 9.47 Å². The quantitative estimate of drug-likeness (QED) is 0.528. The number of unbranched alkanes of at least 4 members (excludes halogenated alkanes) is 1. The molecule has 1 fully saturated rings. The SMILES string of the molecule is COC(CCCCN1CCC(O)CC1)OC. The van der Waals surface area contributed by atoms with Gasteiger partial charge in [0.2, 0.25) is 0 Å². The highest BCUT2D eigenvalue weighted by molar-refractivity contribution is 4.70. The maximum absolute atomic E-state index is 9.38. The summed E-state index contributed by atoms with van der Waals surface area (Å²) < 4.78 is 10.3. The molecule has 0 atom stereocenters. The van der Waals surface area contributed by atoms with Gasteiger partial charge in [-0.3, -0.25) is 0 Å². The summed E-state index contributed by atoms with van der Waals surface area (Å²) in [7, 11) is 3.36. The van der Waals surface area contributed by atoms with Crippen LogP contribution in [0, 0.1) is 0 Å². The van der Waals surface area contributed by atoms with E-state index in [1.807, 2.05) is 0 Å². The van der Waals surface area contributed by atoms with Gasteiger partial charge in [-0.1, -0.05) is 0 Å². The summed E-state index contributed by atoms with van der Waals surface area (Å²) in [6, 6.07) is 0. The maximum Gasteiger partial charge on any atom is 0.156 e. The van der Waals surface area contributed by atoms with Crippen molar-refractivity contribution in [1.29, 1.82) is 0 Å². The van der Waals surface area contributed by atoms with E-state index in [9.17, 15) is 5.11 Å². The zero-order valence-electron chi connectivity index (χ0n) is 10.5. The van der Waals surface area contributed by atoms with Crippen molar-refractivity contribution in [3.63, 3.8) is 0 Å². The van der Waals surface area contributed by atoms with Crippen molar-refractivity contribution < 1.29 is 14.6 Å². The van der Waals surface area contributed by atoms with E-state index >= 15 is 0 Å². The molecule has 16 heavy (non-hydrogen) atoms. The van der Waals surface area contributed by atoms with Gasteiger partial charge in [-0.05, 0) is 38.6 Å². The van der Waals surface area contributed by atoms with Crippen LogP contribution in [0.25, 0.3) is 0 Å². The van der Waals surface area contributed by atoms with Gasteiger partial charge in [0.1, 0.15) is 0 Å². The summed E-state index contributed by atoms with van der Waals surface area (Å²) in [5.41, 5.74) is 0. The second kappa shape index (κ2) is 8.01. The highest BCUT2D eigenvalue weighted by atomic mass is 16.7. The predicted octanol–water partition coefficient (Wildman–Crippen LogP) is 1.23. The summed E-state index contributed by atoms with van der Waals surface area (Å²) in [6.45, 7) is 3.21. The van der Waals surface area contributed by atoms with Crippen LogP contribution in [0.2, 0.25) is 0 Å². The summed E-state index contributed by atoms with van der Waals surface area (Å²) in [6.07, 6.45) is 5.01. The van der Waals surface area contributed by atoms with Crippen molar-refractivity contribution in [2.24, 2.45) is 0 Å². The molecule has 1 rings (SSSR count). The molecule has 0 aromatic rings. The monoisotopic (exact) mass is 231 g/mol. The lowest BCUT2D eigenvalue weighted by atomic mass is 10.1. The van der Waals surface area contributed by atoms with E-state index in [4.69, 9.17) is 9.47 Å². The first-order valence-corrected chi connectivity index (χ1v) is 6.22. The van der Waals surface area contributed by atoms with Crippen molar-refractivity contribution >= 4 is 0 Å². The highest BCUT2D eigenvalue weighted by Crippen LogP contribution is 2.12. The van der Waals surface area contributed by atoms with E-state index < -0.39 is 0 Å². The number of aliphatic hydroxyl groups excluding tert-OH is 1. The van der Waals surface area contributed by atoms with Gasteiger partial charge in [0.25, 0.3) is 0 Å². The zero-order valence-corrected chi connectivity index (χ0v) is 10.5. The number of aliphatic hydroxyl groups is 1. The molecule has 96 valence electrons. The molecule has 0 spiro atoms. The van der Waals surface area contributed by atoms with Crippen LogP contribution < -0.4 is 0 Å². The molecule has 0 aromatic carbocycles. The first-order chi connectivity index (χ1) is 7.76. The molecule has 1 aliphatic rings. The van der Waals surface area contributed by atoms with E-state index in [2.05, 4.69) is 4.90 Å². The van der Waals surface area contributed by atoms with Crippen LogP contribution in [0.5, 0.6) is 0 Å². The molecule has 0 amide bonds. The smallest absolute Gasteiger partial charge is 0.156 e. The summed E-state index contributed by atoms with van der Waals surface area (Å²) in [4.78, 5) is 2.43. The zero-order chi connectivity index (χ0) is 11.8. The standard InChI is InChI=1S/C12H25NO3/c1-15-12(16-2)5-3-4-8-13-9-6-11(14)7-10-13/h11-12,14H,3-10H2,1-2H3. The third-order valence-corrected chi connectivity index (χ3v) is 3.25. The lowest BCUT2D eigenvalue weighted by Crippen LogP contribution is -2.36. The third-order valence-electron chi connectivity index (χ3n) is 3.25. The average Bonchev–Trinajstić information content (AvgIpc) is 2.32. The van der Waals surface area contributed by atoms with E-state index in [1.165, 1.54) is 6.42 Å². The Bertz CT molecular complexity index is 166. The normalized spacial score (nSPS) is 19.5. The minimum absolute atomic E-state index is 0.0526. The van der Waals surface area contributed by atoms with Crippen molar-refractivity contribution in [1.82, 2.24) is 4.90 Å². The Hall–Kier alpha value is -0.160. The second-order valence-electron chi connectivity index (χ2n) is 4.47. The van der Waals surface area contributed by atoms with Gasteiger partial charge in [0, 0.05) is 27.3 Å². The highest BCUT2D eigenvalue weighted by Gasteiger charge is 2.16. The molecule has 0 bridgehead atoms. The molecule has 0 saturated carbocycles. The second-order valence-corrected chi connectivity index (χ2v) is 4.47. The molecule has 0 unspecified atom stereocenters. The molecule has 1 N–H and O–H groups in total. The number of likely N-dealkylation sites (tertiary alicyclic amines) is 1. The fraction of sp³-hybridized carbons (Fsp3) is 1.00. The molecule has 0 aromatic heterocycles. The van der Waals surface area contributed by atoms with Gasteiger partial charge in [0.15, 0.2) is 6.29 Å². The average molecular weight is 231 g/mol. The Kier molecular flexibility index (Phi) is 6.96. The van der Waals surface area contributed by atoms with Crippen molar-refractivity contribution in [3.8, 4) is 0 Å². The Morgan fingerprint density at radius 1 is 1.19 bits per heavy atom. The first kappa shape index (κ1) is 13.9. The lowest BCUT2D eigenvalue weighted by Gasteiger charge is -2.29. The van der Waals surface area contributed by atoms with Crippen LogP contribution in [0.3, 0.4) is 0 Å². The largest absolute Gasteiger partial charge is 0.393 e.